The third-order valence-corrected chi connectivity index (χ3v) is 3.64. The van der Waals surface area contributed by atoms with Gasteiger partial charge in [-0.15, -0.1) is 0 Å². The van der Waals surface area contributed by atoms with Gasteiger partial charge in [-0.1, -0.05) is 31.5 Å². The van der Waals surface area contributed by atoms with E-state index in [0.717, 1.165) is 18.9 Å². The maximum atomic E-state index is 12.9. The van der Waals surface area contributed by atoms with Gasteiger partial charge >= 0.3 is 6.18 Å². The van der Waals surface area contributed by atoms with Gasteiger partial charge in [0.25, 0.3) is 0 Å². The summed E-state index contributed by atoms with van der Waals surface area (Å²) in [5.41, 5.74) is -0.189. The predicted octanol–water partition coefficient (Wildman–Crippen LogP) is 4.15. The van der Waals surface area contributed by atoms with Crippen LogP contribution in [0.5, 0.6) is 0 Å². The molecule has 18 heavy (non-hydrogen) atoms. The van der Waals surface area contributed by atoms with Crippen molar-refractivity contribution in [3.63, 3.8) is 0 Å². The Labute approximate surface area is 105 Å². The number of halogens is 3. The maximum absolute atomic E-state index is 12.9. The molecule has 1 aromatic rings. The number of hydrogen-bond acceptors (Lipinski definition) is 1. The summed E-state index contributed by atoms with van der Waals surface area (Å²) in [7, 11) is 0. The molecule has 0 spiro atoms. The van der Waals surface area contributed by atoms with E-state index in [4.69, 9.17) is 0 Å². The first-order valence-corrected chi connectivity index (χ1v) is 6.35. The first-order chi connectivity index (χ1) is 8.43. The summed E-state index contributed by atoms with van der Waals surface area (Å²) in [5, 5.41) is 3.28. The molecular weight excluding hydrogens is 239 g/mol. The molecule has 1 aliphatic carbocycles. The standard InChI is InChI=1S/C14H18F3N/c1-3-10-8-13(10)18-9(2)11-6-4-5-7-12(11)14(15,16)17/h4-7,9-10,13,18H,3,8H2,1-2H3. The van der Waals surface area contributed by atoms with Gasteiger partial charge < -0.3 is 5.32 Å². The Balaban J connectivity index is 2.13. The first-order valence-electron chi connectivity index (χ1n) is 6.35. The van der Waals surface area contributed by atoms with Crippen LogP contribution in [0.3, 0.4) is 0 Å². The molecule has 0 aliphatic heterocycles. The number of hydrogen-bond donors (Lipinski definition) is 1. The van der Waals surface area contributed by atoms with Crippen LogP contribution in [0, 0.1) is 5.92 Å². The maximum Gasteiger partial charge on any atom is 0.416 e. The third-order valence-electron chi connectivity index (χ3n) is 3.64. The van der Waals surface area contributed by atoms with Crippen molar-refractivity contribution < 1.29 is 13.2 Å². The van der Waals surface area contributed by atoms with Crippen molar-refractivity contribution in [2.75, 3.05) is 0 Å². The van der Waals surface area contributed by atoms with Crippen LogP contribution in [0.1, 0.15) is 43.9 Å². The molecule has 3 unspecified atom stereocenters. The van der Waals surface area contributed by atoms with E-state index in [0.29, 0.717) is 17.5 Å². The van der Waals surface area contributed by atoms with Gasteiger partial charge in [0.05, 0.1) is 5.56 Å². The lowest BCUT2D eigenvalue weighted by molar-refractivity contribution is -0.138. The highest BCUT2D eigenvalue weighted by Gasteiger charge is 2.38. The lowest BCUT2D eigenvalue weighted by atomic mass is 10.0. The minimum Gasteiger partial charge on any atom is -0.307 e. The Morgan fingerprint density at radius 3 is 2.56 bits per heavy atom. The molecular formula is C14H18F3N. The lowest BCUT2D eigenvalue weighted by Crippen LogP contribution is -2.24. The molecule has 4 heteroatoms. The van der Waals surface area contributed by atoms with Crippen molar-refractivity contribution in [3.8, 4) is 0 Å². The Morgan fingerprint density at radius 2 is 2.00 bits per heavy atom. The Morgan fingerprint density at radius 1 is 1.33 bits per heavy atom. The van der Waals surface area contributed by atoms with Crippen LogP contribution in [-0.4, -0.2) is 6.04 Å². The van der Waals surface area contributed by atoms with E-state index >= 15 is 0 Å². The lowest BCUT2D eigenvalue weighted by Gasteiger charge is -2.19. The monoisotopic (exact) mass is 257 g/mol. The molecule has 0 radical (unpaired) electrons. The van der Waals surface area contributed by atoms with Gasteiger partial charge in [0, 0.05) is 12.1 Å². The molecule has 2 rings (SSSR count). The van der Waals surface area contributed by atoms with Crippen molar-refractivity contribution in [3.05, 3.63) is 35.4 Å². The average molecular weight is 257 g/mol. The van der Waals surface area contributed by atoms with Gasteiger partial charge in [0.2, 0.25) is 0 Å². The van der Waals surface area contributed by atoms with Crippen molar-refractivity contribution in [2.24, 2.45) is 5.92 Å². The van der Waals surface area contributed by atoms with Crippen molar-refractivity contribution >= 4 is 0 Å². The fraction of sp³-hybridized carbons (Fsp3) is 0.571. The summed E-state index contributed by atoms with van der Waals surface area (Å²) in [6.45, 7) is 3.91. The van der Waals surface area contributed by atoms with Crippen LogP contribution < -0.4 is 5.32 Å². The summed E-state index contributed by atoms with van der Waals surface area (Å²) in [6.07, 6.45) is -2.11. The third kappa shape index (κ3) is 2.86. The smallest absolute Gasteiger partial charge is 0.307 e. The van der Waals surface area contributed by atoms with Gasteiger partial charge in [-0.05, 0) is 30.9 Å². The van der Waals surface area contributed by atoms with Gasteiger partial charge in [-0.2, -0.15) is 13.2 Å². The number of nitrogens with one attached hydrogen (secondary N) is 1. The average Bonchev–Trinajstić information content (AvgIpc) is 3.06. The fourth-order valence-corrected chi connectivity index (χ4v) is 2.45. The molecule has 100 valence electrons. The minimum atomic E-state index is -4.28. The van der Waals surface area contributed by atoms with Crippen LogP contribution in [0.2, 0.25) is 0 Å². The summed E-state index contributed by atoms with van der Waals surface area (Å²) in [6, 6.07) is 5.93. The zero-order valence-corrected chi connectivity index (χ0v) is 10.6. The number of benzene rings is 1. The molecule has 1 fully saturated rings. The van der Waals surface area contributed by atoms with E-state index in [1.54, 1.807) is 19.1 Å². The van der Waals surface area contributed by atoms with Crippen LogP contribution in [0.4, 0.5) is 13.2 Å². The Bertz CT molecular complexity index is 414. The highest BCUT2D eigenvalue weighted by atomic mass is 19.4. The molecule has 1 saturated carbocycles. The highest BCUT2D eigenvalue weighted by molar-refractivity contribution is 5.32. The van der Waals surface area contributed by atoms with Crippen molar-refractivity contribution in [1.29, 1.82) is 0 Å². The first kappa shape index (κ1) is 13.4. The second-order valence-corrected chi connectivity index (χ2v) is 4.98. The summed E-state index contributed by atoms with van der Waals surface area (Å²) in [5.74, 6) is 0.630. The molecule has 1 aromatic carbocycles. The molecule has 1 aliphatic rings. The predicted molar refractivity (Wildman–Crippen MR) is 65.2 cm³/mol. The Kier molecular flexibility index (Phi) is 3.66. The summed E-state index contributed by atoms with van der Waals surface area (Å²) < 4.78 is 38.6. The van der Waals surface area contributed by atoms with E-state index in [9.17, 15) is 13.2 Å². The zero-order valence-electron chi connectivity index (χ0n) is 10.6. The summed E-state index contributed by atoms with van der Waals surface area (Å²) in [4.78, 5) is 0. The van der Waals surface area contributed by atoms with Crippen LogP contribution >= 0.6 is 0 Å². The molecule has 0 aromatic heterocycles. The van der Waals surface area contributed by atoms with Gasteiger partial charge in [-0.3, -0.25) is 0 Å². The van der Waals surface area contributed by atoms with E-state index in [2.05, 4.69) is 12.2 Å². The Hall–Kier alpha value is -1.03. The second kappa shape index (κ2) is 4.92. The second-order valence-electron chi connectivity index (χ2n) is 4.98. The van der Waals surface area contributed by atoms with E-state index in [-0.39, 0.29) is 6.04 Å². The summed E-state index contributed by atoms with van der Waals surface area (Å²) >= 11 is 0. The highest BCUT2D eigenvalue weighted by Crippen LogP contribution is 2.38. The SMILES string of the molecule is CCC1CC1NC(C)c1ccccc1C(F)(F)F. The van der Waals surface area contributed by atoms with E-state index in [1.165, 1.54) is 6.07 Å². The molecule has 0 heterocycles. The molecule has 3 atom stereocenters. The van der Waals surface area contributed by atoms with Gasteiger partial charge in [0.15, 0.2) is 0 Å². The zero-order chi connectivity index (χ0) is 13.3. The number of alkyl halides is 3. The van der Waals surface area contributed by atoms with Crippen LogP contribution in [0.15, 0.2) is 24.3 Å². The number of rotatable bonds is 4. The van der Waals surface area contributed by atoms with Gasteiger partial charge in [-0.25, -0.2) is 0 Å². The minimum absolute atomic E-state index is 0.260. The van der Waals surface area contributed by atoms with E-state index < -0.39 is 11.7 Å². The molecule has 1 nitrogen and oxygen atoms in total. The van der Waals surface area contributed by atoms with Gasteiger partial charge in [0.1, 0.15) is 0 Å². The topological polar surface area (TPSA) is 12.0 Å². The largest absolute Gasteiger partial charge is 0.416 e. The van der Waals surface area contributed by atoms with Crippen LogP contribution in [-0.2, 0) is 6.18 Å². The van der Waals surface area contributed by atoms with Crippen molar-refractivity contribution in [1.82, 2.24) is 5.32 Å². The van der Waals surface area contributed by atoms with E-state index in [1.807, 2.05) is 0 Å². The quantitative estimate of drug-likeness (QED) is 0.854. The van der Waals surface area contributed by atoms with Crippen LogP contribution in [0.25, 0.3) is 0 Å². The molecule has 0 amide bonds. The van der Waals surface area contributed by atoms with Crippen molar-refractivity contribution in [2.45, 2.75) is 44.9 Å². The molecule has 1 N–H and O–H groups in total. The molecule has 0 saturated heterocycles. The fourth-order valence-electron chi connectivity index (χ4n) is 2.45. The normalized spacial score (nSPS) is 24.9. The molecule has 0 bridgehead atoms.